The molecule has 19 heavy (non-hydrogen) atoms. The number of hydrogen-bond donors (Lipinski definition) is 2. The van der Waals surface area contributed by atoms with Crippen LogP contribution in [0.3, 0.4) is 0 Å². The zero-order chi connectivity index (χ0) is 12.9. The van der Waals surface area contributed by atoms with Gasteiger partial charge in [0.25, 0.3) is 0 Å². The standard InChI is InChI=1S/C16H25N3/c1-2-12-19(13-3-1)16-6-4-14(5-7-16)18-15-8-10-17-11-9-15/h4-7,15,17-18H,1-3,8-13H2. The third-order valence-corrected chi connectivity index (χ3v) is 4.30. The van der Waals surface area contributed by atoms with E-state index in [0.29, 0.717) is 6.04 Å². The highest BCUT2D eigenvalue weighted by atomic mass is 15.1. The van der Waals surface area contributed by atoms with E-state index >= 15 is 0 Å². The summed E-state index contributed by atoms with van der Waals surface area (Å²) in [4.78, 5) is 2.51. The lowest BCUT2D eigenvalue weighted by atomic mass is 10.1. The summed E-state index contributed by atoms with van der Waals surface area (Å²) in [6, 6.07) is 9.67. The molecule has 0 spiro atoms. The predicted octanol–water partition coefficient (Wildman–Crippen LogP) is 2.84. The molecule has 2 N–H and O–H groups in total. The average Bonchev–Trinajstić information content (AvgIpc) is 2.50. The van der Waals surface area contributed by atoms with Crippen molar-refractivity contribution in [1.82, 2.24) is 5.32 Å². The molecule has 1 aromatic rings. The van der Waals surface area contributed by atoms with Gasteiger partial charge >= 0.3 is 0 Å². The monoisotopic (exact) mass is 259 g/mol. The van der Waals surface area contributed by atoms with Crippen LogP contribution in [-0.2, 0) is 0 Å². The molecule has 0 bridgehead atoms. The van der Waals surface area contributed by atoms with E-state index in [2.05, 4.69) is 39.8 Å². The number of piperidine rings is 2. The minimum Gasteiger partial charge on any atom is -0.382 e. The van der Waals surface area contributed by atoms with E-state index in [9.17, 15) is 0 Å². The molecule has 2 aliphatic heterocycles. The largest absolute Gasteiger partial charge is 0.382 e. The smallest absolute Gasteiger partial charge is 0.0367 e. The van der Waals surface area contributed by atoms with Crippen LogP contribution in [0.15, 0.2) is 24.3 Å². The normalized spacial score (nSPS) is 21.4. The molecule has 2 aliphatic rings. The fourth-order valence-corrected chi connectivity index (χ4v) is 3.12. The first-order chi connectivity index (χ1) is 9.42. The second kappa shape index (κ2) is 6.29. The molecule has 2 fully saturated rings. The molecule has 3 nitrogen and oxygen atoms in total. The number of nitrogens with zero attached hydrogens (tertiary/aromatic N) is 1. The van der Waals surface area contributed by atoms with Gasteiger partial charge in [-0.2, -0.15) is 0 Å². The highest BCUT2D eigenvalue weighted by Gasteiger charge is 2.13. The Morgan fingerprint density at radius 2 is 1.63 bits per heavy atom. The van der Waals surface area contributed by atoms with Gasteiger partial charge in [-0.3, -0.25) is 0 Å². The van der Waals surface area contributed by atoms with Gasteiger partial charge in [0.1, 0.15) is 0 Å². The van der Waals surface area contributed by atoms with Crippen molar-refractivity contribution in [3.63, 3.8) is 0 Å². The zero-order valence-electron chi connectivity index (χ0n) is 11.7. The van der Waals surface area contributed by atoms with E-state index in [4.69, 9.17) is 0 Å². The third kappa shape index (κ3) is 3.41. The van der Waals surface area contributed by atoms with Crippen LogP contribution in [0.1, 0.15) is 32.1 Å². The summed E-state index contributed by atoms with van der Waals surface area (Å²) >= 11 is 0. The van der Waals surface area contributed by atoms with Gasteiger partial charge in [0.05, 0.1) is 0 Å². The Balaban J connectivity index is 1.58. The first-order valence-corrected chi connectivity index (χ1v) is 7.74. The van der Waals surface area contributed by atoms with Crippen LogP contribution >= 0.6 is 0 Å². The Hall–Kier alpha value is -1.22. The molecule has 1 aromatic carbocycles. The molecule has 0 amide bonds. The highest BCUT2D eigenvalue weighted by Crippen LogP contribution is 2.22. The first kappa shape index (κ1) is 12.8. The van der Waals surface area contributed by atoms with Crippen LogP contribution in [0, 0.1) is 0 Å². The van der Waals surface area contributed by atoms with Crippen molar-refractivity contribution in [3.8, 4) is 0 Å². The zero-order valence-corrected chi connectivity index (χ0v) is 11.7. The molecular formula is C16H25N3. The van der Waals surface area contributed by atoms with Crippen LogP contribution < -0.4 is 15.5 Å². The quantitative estimate of drug-likeness (QED) is 0.874. The van der Waals surface area contributed by atoms with E-state index in [1.807, 2.05) is 0 Å². The van der Waals surface area contributed by atoms with Crippen LogP contribution in [0.5, 0.6) is 0 Å². The van der Waals surface area contributed by atoms with Crippen LogP contribution in [0.2, 0.25) is 0 Å². The summed E-state index contributed by atoms with van der Waals surface area (Å²) in [5.74, 6) is 0. The van der Waals surface area contributed by atoms with Gasteiger partial charge in [0, 0.05) is 30.5 Å². The average molecular weight is 259 g/mol. The topological polar surface area (TPSA) is 27.3 Å². The molecule has 104 valence electrons. The van der Waals surface area contributed by atoms with E-state index in [0.717, 1.165) is 13.1 Å². The van der Waals surface area contributed by atoms with Gasteiger partial charge in [-0.05, 0) is 69.5 Å². The fourth-order valence-electron chi connectivity index (χ4n) is 3.12. The van der Waals surface area contributed by atoms with Crippen molar-refractivity contribution < 1.29 is 0 Å². The van der Waals surface area contributed by atoms with Gasteiger partial charge in [-0.1, -0.05) is 0 Å². The Morgan fingerprint density at radius 3 is 2.32 bits per heavy atom. The first-order valence-electron chi connectivity index (χ1n) is 7.74. The van der Waals surface area contributed by atoms with E-state index < -0.39 is 0 Å². The number of rotatable bonds is 3. The maximum atomic E-state index is 3.65. The molecule has 0 aliphatic carbocycles. The summed E-state index contributed by atoms with van der Waals surface area (Å²) < 4.78 is 0. The number of anilines is 2. The molecule has 3 rings (SSSR count). The maximum Gasteiger partial charge on any atom is 0.0367 e. The summed E-state index contributed by atoms with van der Waals surface area (Å²) in [7, 11) is 0. The fraction of sp³-hybridized carbons (Fsp3) is 0.625. The lowest BCUT2D eigenvalue weighted by Crippen LogP contribution is -2.35. The van der Waals surface area contributed by atoms with E-state index in [1.54, 1.807) is 0 Å². The number of nitrogens with one attached hydrogen (secondary N) is 2. The van der Waals surface area contributed by atoms with Crippen molar-refractivity contribution in [2.24, 2.45) is 0 Å². The van der Waals surface area contributed by atoms with Gasteiger partial charge in [0.15, 0.2) is 0 Å². The number of hydrogen-bond acceptors (Lipinski definition) is 3. The molecule has 0 saturated carbocycles. The summed E-state index contributed by atoms with van der Waals surface area (Å²) in [6.45, 7) is 4.73. The third-order valence-electron chi connectivity index (χ3n) is 4.30. The Kier molecular flexibility index (Phi) is 4.23. The minimum atomic E-state index is 0.641. The maximum absolute atomic E-state index is 3.65. The Labute approximate surface area is 116 Å². The number of benzene rings is 1. The molecular weight excluding hydrogens is 234 g/mol. The van der Waals surface area contributed by atoms with Crippen molar-refractivity contribution in [1.29, 1.82) is 0 Å². The van der Waals surface area contributed by atoms with Crippen molar-refractivity contribution >= 4 is 11.4 Å². The lowest BCUT2D eigenvalue weighted by molar-refractivity contribution is 0.479. The summed E-state index contributed by atoms with van der Waals surface area (Å²) in [6.07, 6.45) is 6.54. The molecule has 0 radical (unpaired) electrons. The minimum absolute atomic E-state index is 0.641. The van der Waals surface area contributed by atoms with Gasteiger partial charge in [0.2, 0.25) is 0 Å². The molecule has 3 heteroatoms. The van der Waals surface area contributed by atoms with Crippen LogP contribution in [0.4, 0.5) is 11.4 Å². The van der Waals surface area contributed by atoms with Crippen LogP contribution in [0.25, 0.3) is 0 Å². The van der Waals surface area contributed by atoms with Crippen LogP contribution in [-0.4, -0.2) is 32.2 Å². The predicted molar refractivity (Wildman–Crippen MR) is 82.0 cm³/mol. The highest BCUT2D eigenvalue weighted by molar-refractivity contribution is 5.55. The van der Waals surface area contributed by atoms with E-state index in [-0.39, 0.29) is 0 Å². The summed E-state index contributed by atoms with van der Waals surface area (Å²) in [5, 5.41) is 7.06. The van der Waals surface area contributed by atoms with Crippen molar-refractivity contribution in [2.45, 2.75) is 38.1 Å². The molecule has 0 atom stereocenters. The SMILES string of the molecule is c1cc(N2CCCCC2)ccc1NC1CCNCC1. The molecule has 0 unspecified atom stereocenters. The van der Waals surface area contributed by atoms with Gasteiger partial charge in [-0.25, -0.2) is 0 Å². The van der Waals surface area contributed by atoms with Crippen molar-refractivity contribution in [2.75, 3.05) is 36.4 Å². The van der Waals surface area contributed by atoms with E-state index in [1.165, 1.54) is 56.6 Å². The molecule has 0 aromatic heterocycles. The summed E-state index contributed by atoms with van der Waals surface area (Å²) in [5.41, 5.74) is 2.66. The van der Waals surface area contributed by atoms with Gasteiger partial charge in [-0.15, -0.1) is 0 Å². The Morgan fingerprint density at radius 1 is 0.947 bits per heavy atom. The molecule has 2 saturated heterocycles. The van der Waals surface area contributed by atoms with Crippen molar-refractivity contribution in [3.05, 3.63) is 24.3 Å². The molecule has 2 heterocycles. The second-order valence-corrected chi connectivity index (χ2v) is 5.76. The lowest BCUT2D eigenvalue weighted by Gasteiger charge is -2.29. The Bertz CT molecular complexity index is 375. The van der Waals surface area contributed by atoms with Gasteiger partial charge < -0.3 is 15.5 Å². The second-order valence-electron chi connectivity index (χ2n) is 5.76.